The zero-order chi connectivity index (χ0) is 16.8. The first-order valence-electron chi connectivity index (χ1n) is 9.36. The van der Waals surface area contributed by atoms with Crippen molar-refractivity contribution in [1.82, 2.24) is 0 Å². The molecule has 0 aromatic heterocycles. The highest BCUT2D eigenvalue weighted by Gasteiger charge is 2.27. The summed E-state index contributed by atoms with van der Waals surface area (Å²) in [6, 6.07) is 22.4. The molecule has 0 fully saturated rings. The first-order chi connectivity index (χ1) is 11.8. The number of hydrogen-bond donors (Lipinski definition) is 0. The molecule has 0 aliphatic heterocycles. The third kappa shape index (κ3) is 3.62. The fourth-order valence-corrected chi connectivity index (χ4v) is 7.31. The Morgan fingerprint density at radius 2 is 1.29 bits per heavy atom. The summed E-state index contributed by atoms with van der Waals surface area (Å²) in [5.41, 5.74) is 3.41. The molecule has 0 nitrogen and oxygen atoms in total. The van der Waals surface area contributed by atoms with Crippen LogP contribution in [0.3, 0.4) is 0 Å². The maximum absolute atomic E-state index is 2.56. The summed E-state index contributed by atoms with van der Waals surface area (Å²) in [5, 5.41) is 4.78. The molecule has 0 saturated heterocycles. The van der Waals surface area contributed by atoms with E-state index in [-0.39, 0.29) is 0 Å². The first kappa shape index (κ1) is 17.0. The second-order valence-electron chi connectivity index (χ2n) is 6.70. The lowest BCUT2D eigenvalue weighted by Crippen LogP contribution is -2.44. The maximum Gasteiger partial charge on any atom is 0.132 e. The minimum atomic E-state index is -1.35. The standard InChI is InChI=1S/C23H28Si/c1-3-11-19-17-18-23(22(19)12-4-2)24(20-13-7-5-8-14-20)21-15-9-6-10-16-21/h5-10,13-16,18,24H,3-4,11-12,17H2,1-2H3. The Labute approximate surface area is 148 Å². The summed E-state index contributed by atoms with van der Waals surface area (Å²) < 4.78 is 0. The lowest BCUT2D eigenvalue weighted by molar-refractivity contribution is 0.845. The molecule has 2 aromatic carbocycles. The molecule has 24 heavy (non-hydrogen) atoms. The zero-order valence-electron chi connectivity index (χ0n) is 15.0. The molecular weight excluding hydrogens is 304 g/mol. The van der Waals surface area contributed by atoms with Gasteiger partial charge in [-0.15, -0.1) is 0 Å². The minimum absolute atomic E-state index is 1.18. The van der Waals surface area contributed by atoms with Crippen LogP contribution in [-0.2, 0) is 0 Å². The minimum Gasteiger partial charge on any atom is -0.0804 e. The van der Waals surface area contributed by atoms with Gasteiger partial charge in [0.2, 0.25) is 0 Å². The van der Waals surface area contributed by atoms with E-state index in [4.69, 9.17) is 0 Å². The zero-order valence-corrected chi connectivity index (χ0v) is 16.1. The molecule has 2 aromatic rings. The van der Waals surface area contributed by atoms with Gasteiger partial charge in [-0.2, -0.15) is 0 Å². The Kier molecular flexibility index (Phi) is 5.87. The molecule has 1 aliphatic rings. The lowest BCUT2D eigenvalue weighted by Gasteiger charge is -2.21. The van der Waals surface area contributed by atoms with Gasteiger partial charge in [0.1, 0.15) is 8.80 Å². The summed E-state index contributed by atoms with van der Waals surface area (Å²) in [6.45, 7) is 4.62. The summed E-state index contributed by atoms with van der Waals surface area (Å²) in [5.74, 6) is 0. The smallest absolute Gasteiger partial charge is 0.0804 e. The van der Waals surface area contributed by atoms with Crippen molar-refractivity contribution in [3.8, 4) is 0 Å². The van der Waals surface area contributed by atoms with E-state index in [0.29, 0.717) is 0 Å². The molecule has 0 atom stereocenters. The van der Waals surface area contributed by atoms with Crippen LogP contribution in [0, 0.1) is 0 Å². The molecule has 0 unspecified atom stereocenters. The Morgan fingerprint density at radius 3 is 1.79 bits per heavy atom. The first-order valence-corrected chi connectivity index (χ1v) is 11.1. The molecule has 1 heteroatoms. The van der Waals surface area contributed by atoms with Crippen molar-refractivity contribution in [2.45, 2.75) is 46.0 Å². The van der Waals surface area contributed by atoms with Crippen molar-refractivity contribution in [2.24, 2.45) is 0 Å². The van der Waals surface area contributed by atoms with Gasteiger partial charge in [-0.3, -0.25) is 0 Å². The van der Waals surface area contributed by atoms with E-state index in [0.717, 1.165) is 0 Å². The van der Waals surface area contributed by atoms with E-state index in [2.05, 4.69) is 80.6 Å². The highest BCUT2D eigenvalue weighted by atomic mass is 28.3. The van der Waals surface area contributed by atoms with Crippen LogP contribution in [0.25, 0.3) is 0 Å². The molecule has 1 aliphatic carbocycles. The van der Waals surface area contributed by atoms with Gasteiger partial charge in [-0.1, -0.05) is 115 Å². The Hall–Kier alpha value is -1.86. The SMILES string of the molecule is CCCC1=C(CCC)C([SiH](c2ccccc2)c2ccccc2)=CC1. The van der Waals surface area contributed by atoms with Crippen molar-refractivity contribution in [3.63, 3.8) is 0 Å². The van der Waals surface area contributed by atoms with Gasteiger partial charge >= 0.3 is 0 Å². The van der Waals surface area contributed by atoms with Gasteiger partial charge in [-0.05, 0) is 24.8 Å². The molecule has 3 rings (SSSR count). The third-order valence-corrected chi connectivity index (χ3v) is 8.28. The molecule has 0 bridgehead atoms. The summed E-state index contributed by atoms with van der Waals surface area (Å²) >= 11 is 0. The number of rotatable bonds is 7. The third-order valence-electron chi connectivity index (χ3n) is 4.97. The van der Waals surface area contributed by atoms with Gasteiger partial charge in [-0.25, -0.2) is 0 Å². The van der Waals surface area contributed by atoms with Crippen LogP contribution < -0.4 is 10.4 Å². The monoisotopic (exact) mass is 332 g/mol. The topological polar surface area (TPSA) is 0 Å². The van der Waals surface area contributed by atoms with Crippen LogP contribution >= 0.6 is 0 Å². The molecule has 0 amide bonds. The van der Waals surface area contributed by atoms with Crippen molar-refractivity contribution < 1.29 is 0 Å². The largest absolute Gasteiger partial charge is 0.132 e. The second-order valence-corrected chi connectivity index (χ2v) is 9.52. The lowest BCUT2D eigenvalue weighted by atomic mass is 10.0. The van der Waals surface area contributed by atoms with Crippen molar-refractivity contribution >= 4 is 19.2 Å². The van der Waals surface area contributed by atoms with Gasteiger partial charge in [0.25, 0.3) is 0 Å². The predicted octanol–water partition coefficient (Wildman–Crippen LogP) is 4.79. The molecule has 0 radical (unpaired) electrons. The van der Waals surface area contributed by atoms with Crippen molar-refractivity contribution in [3.05, 3.63) is 83.1 Å². The molecule has 0 spiro atoms. The van der Waals surface area contributed by atoms with Crippen molar-refractivity contribution in [2.75, 3.05) is 0 Å². The highest BCUT2D eigenvalue weighted by molar-refractivity contribution is 6.91. The summed E-state index contributed by atoms with van der Waals surface area (Å²) in [6.07, 6.45) is 8.75. The van der Waals surface area contributed by atoms with E-state index < -0.39 is 8.80 Å². The van der Waals surface area contributed by atoms with Crippen LogP contribution in [0.15, 0.2) is 83.1 Å². The second kappa shape index (κ2) is 8.30. The van der Waals surface area contributed by atoms with E-state index >= 15 is 0 Å². The summed E-state index contributed by atoms with van der Waals surface area (Å²) in [7, 11) is -1.35. The van der Waals surface area contributed by atoms with Crippen LogP contribution in [0.2, 0.25) is 0 Å². The van der Waals surface area contributed by atoms with Crippen LogP contribution in [-0.4, -0.2) is 8.80 Å². The highest BCUT2D eigenvalue weighted by Crippen LogP contribution is 2.33. The molecule has 0 heterocycles. The van der Waals surface area contributed by atoms with Crippen LogP contribution in [0.5, 0.6) is 0 Å². The average Bonchev–Trinajstić information content (AvgIpc) is 3.01. The average molecular weight is 333 g/mol. The maximum atomic E-state index is 2.56. The number of hydrogen-bond acceptors (Lipinski definition) is 0. The van der Waals surface area contributed by atoms with Gasteiger partial charge in [0, 0.05) is 0 Å². The van der Waals surface area contributed by atoms with E-state index in [1.165, 1.54) is 32.1 Å². The van der Waals surface area contributed by atoms with Crippen LogP contribution in [0.4, 0.5) is 0 Å². The molecule has 0 N–H and O–H groups in total. The fourth-order valence-electron chi connectivity index (χ4n) is 3.94. The van der Waals surface area contributed by atoms with Gasteiger partial charge in [0.05, 0.1) is 0 Å². The quantitative estimate of drug-likeness (QED) is 0.639. The van der Waals surface area contributed by atoms with E-state index in [1.807, 2.05) is 0 Å². The predicted molar refractivity (Wildman–Crippen MR) is 109 cm³/mol. The molecular formula is C23H28Si. The Balaban J connectivity index is 2.06. The van der Waals surface area contributed by atoms with Gasteiger partial charge < -0.3 is 0 Å². The molecule has 124 valence electrons. The Morgan fingerprint density at radius 1 is 0.750 bits per heavy atom. The summed E-state index contributed by atoms with van der Waals surface area (Å²) in [4.78, 5) is 0. The van der Waals surface area contributed by atoms with Crippen molar-refractivity contribution in [1.29, 1.82) is 0 Å². The van der Waals surface area contributed by atoms with E-state index in [9.17, 15) is 0 Å². The molecule has 0 saturated carbocycles. The number of benzene rings is 2. The fraction of sp³-hybridized carbons (Fsp3) is 0.304. The van der Waals surface area contributed by atoms with E-state index in [1.54, 1.807) is 26.7 Å². The Bertz CT molecular complexity index is 671. The normalized spacial score (nSPS) is 14.4. The van der Waals surface area contributed by atoms with Gasteiger partial charge in [0.15, 0.2) is 0 Å². The number of allylic oxidation sites excluding steroid dienone is 4. The van der Waals surface area contributed by atoms with Crippen LogP contribution in [0.1, 0.15) is 46.0 Å².